The number of carboxylic acids is 1. The number of pyridine rings is 1. The van der Waals surface area contributed by atoms with Gasteiger partial charge in [-0.3, -0.25) is 14.7 Å². The molecule has 0 bridgehead atoms. The minimum Gasteiger partial charge on any atom is -0.480 e. The first-order chi connectivity index (χ1) is 13.0. The molecule has 4 nitrogen and oxygen atoms in total. The summed E-state index contributed by atoms with van der Waals surface area (Å²) in [4.78, 5) is 17.9. The monoisotopic (exact) mass is 368 g/mol. The highest BCUT2D eigenvalue weighted by Crippen LogP contribution is 2.36. The number of aromatic nitrogens is 1. The van der Waals surface area contributed by atoms with Crippen LogP contribution in [0.15, 0.2) is 54.7 Å². The Morgan fingerprint density at radius 3 is 2.78 bits per heavy atom. The van der Waals surface area contributed by atoms with E-state index in [9.17, 15) is 18.7 Å². The molecule has 1 aliphatic heterocycles. The second-order valence-electron chi connectivity index (χ2n) is 6.76. The highest BCUT2D eigenvalue weighted by Gasteiger charge is 2.38. The molecule has 1 saturated heterocycles. The van der Waals surface area contributed by atoms with Crippen molar-refractivity contribution in [1.29, 1.82) is 0 Å². The van der Waals surface area contributed by atoms with E-state index in [2.05, 4.69) is 4.98 Å². The van der Waals surface area contributed by atoms with Gasteiger partial charge < -0.3 is 5.11 Å². The first-order valence-corrected chi connectivity index (χ1v) is 8.83. The molecule has 1 N–H and O–H groups in total. The van der Waals surface area contributed by atoms with Crippen LogP contribution in [0.3, 0.4) is 0 Å². The number of nitrogens with zero attached hydrogens (tertiary/aromatic N) is 2. The van der Waals surface area contributed by atoms with E-state index in [1.165, 1.54) is 12.1 Å². The molecular weight excluding hydrogens is 350 g/mol. The molecule has 0 saturated carbocycles. The van der Waals surface area contributed by atoms with Crippen molar-refractivity contribution in [2.75, 3.05) is 6.54 Å². The van der Waals surface area contributed by atoms with Crippen molar-refractivity contribution >= 4 is 16.9 Å². The van der Waals surface area contributed by atoms with Crippen LogP contribution < -0.4 is 0 Å². The summed E-state index contributed by atoms with van der Waals surface area (Å²) >= 11 is 0. The van der Waals surface area contributed by atoms with Crippen LogP contribution in [0.2, 0.25) is 0 Å². The predicted molar refractivity (Wildman–Crippen MR) is 97.3 cm³/mol. The van der Waals surface area contributed by atoms with Crippen molar-refractivity contribution in [3.63, 3.8) is 0 Å². The fourth-order valence-electron chi connectivity index (χ4n) is 3.87. The first-order valence-electron chi connectivity index (χ1n) is 8.83. The normalized spacial score (nSPS) is 18.7. The maximum atomic E-state index is 14.6. The lowest BCUT2D eigenvalue weighted by Gasteiger charge is -2.32. The SMILES string of the molecule is O=C(O)C1CCCN1C(c1cnc2ccccc2c1)c1ccc(F)cc1F. The quantitative estimate of drug-likeness (QED) is 0.752. The zero-order chi connectivity index (χ0) is 19.0. The van der Waals surface area contributed by atoms with Gasteiger partial charge in [0.25, 0.3) is 0 Å². The lowest BCUT2D eigenvalue weighted by Crippen LogP contribution is -2.39. The molecule has 0 aliphatic carbocycles. The molecular formula is C21H18F2N2O2. The van der Waals surface area contributed by atoms with Crippen LogP contribution in [0, 0.1) is 11.6 Å². The minimum absolute atomic E-state index is 0.252. The van der Waals surface area contributed by atoms with Gasteiger partial charge in [-0.15, -0.1) is 0 Å². The van der Waals surface area contributed by atoms with E-state index in [-0.39, 0.29) is 5.56 Å². The van der Waals surface area contributed by atoms with Crippen LogP contribution in [0.25, 0.3) is 10.9 Å². The maximum Gasteiger partial charge on any atom is 0.320 e. The number of halogens is 2. The summed E-state index contributed by atoms with van der Waals surface area (Å²) in [5, 5.41) is 10.5. The van der Waals surface area contributed by atoms with Gasteiger partial charge in [0, 0.05) is 29.8 Å². The van der Waals surface area contributed by atoms with Crippen molar-refractivity contribution < 1.29 is 18.7 Å². The van der Waals surface area contributed by atoms with Gasteiger partial charge in [0.15, 0.2) is 0 Å². The molecule has 2 atom stereocenters. The van der Waals surface area contributed by atoms with E-state index in [0.717, 1.165) is 17.0 Å². The Labute approximate surface area is 155 Å². The van der Waals surface area contributed by atoms with Gasteiger partial charge in [0.2, 0.25) is 0 Å². The summed E-state index contributed by atoms with van der Waals surface area (Å²) in [5.74, 6) is -2.29. The van der Waals surface area contributed by atoms with Gasteiger partial charge in [-0.25, -0.2) is 8.78 Å². The highest BCUT2D eigenvalue weighted by molar-refractivity contribution is 5.79. The van der Waals surface area contributed by atoms with Crippen molar-refractivity contribution in [2.45, 2.75) is 24.9 Å². The fourth-order valence-corrected chi connectivity index (χ4v) is 3.87. The van der Waals surface area contributed by atoms with Crippen molar-refractivity contribution in [3.05, 3.63) is 77.5 Å². The number of rotatable bonds is 4. The smallest absolute Gasteiger partial charge is 0.320 e. The van der Waals surface area contributed by atoms with Gasteiger partial charge in [0.05, 0.1) is 11.6 Å². The average Bonchev–Trinajstić information content (AvgIpc) is 3.13. The Hall–Kier alpha value is -2.86. The number of carbonyl (C=O) groups is 1. The second kappa shape index (κ2) is 7.04. The molecule has 1 fully saturated rings. The third-order valence-corrected chi connectivity index (χ3v) is 5.10. The van der Waals surface area contributed by atoms with Crippen LogP contribution in [0.5, 0.6) is 0 Å². The molecule has 1 aliphatic rings. The number of carboxylic acid groups (broad SMARTS) is 1. The molecule has 138 valence electrons. The number of hydrogen-bond acceptors (Lipinski definition) is 3. The van der Waals surface area contributed by atoms with Gasteiger partial charge in [-0.1, -0.05) is 24.3 Å². The van der Waals surface area contributed by atoms with E-state index in [1.54, 1.807) is 11.1 Å². The molecule has 3 aromatic rings. The lowest BCUT2D eigenvalue weighted by atomic mass is 9.96. The maximum absolute atomic E-state index is 14.6. The van der Waals surface area contributed by atoms with E-state index in [1.807, 2.05) is 30.3 Å². The van der Waals surface area contributed by atoms with Crippen LogP contribution in [0.4, 0.5) is 8.78 Å². The Balaban J connectivity index is 1.87. The summed E-state index contributed by atoms with van der Waals surface area (Å²) in [6.45, 7) is 0.519. The third kappa shape index (κ3) is 3.28. The van der Waals surface area contributed by atoms with Crippen molar-refractivity contribution in [2.24, 2.45) is 0 Å². The third-order valence-electron chi connectivity index (χ3n) is 5.10. The summed E-state index contributed by atoms with van der Waals surface area (Å²) in [5.41, 5.74) is 1.74. The summed E-state index contributed by atoms with van der Waals surface area (Å²) in [7, 11) is 0. The molecule has 0 radical (unpaired) electrons. The molecule has 0 amide bonds. The second-order valence-corrected chi connectivity index (χ2v) is 6.76. The molecule has 4 rings (SSSR count). The summed E-state index contributed by atoms with van der Waals surface area (Å²) in [6, 6.07) is 11.5. The van der Waals surface area contributed by atoms with Crippen LogP contribution in [-0.2, 0) is 4.79 Å². The van der Waals surface area contributed by atoms with Crippen LogP contribution >= 0.6 is 0 Å². The number of aliphatic carboxylic acids is 1. The molecule has 6 heteroatoms. The number of likely N-dealkylation sites (tertiary alicyclic amines) is 1. The number of hydrogen-bond donors (Lipinski definition) is 1. The standard InChI is InChI=1S/C21H18F2N2O2/c22-15-7-8-16(17(23)11-15)20(25-9-3-6-19(25)21(26)27)14-10-13-4-1-2-5-18(13)24-12-14/h1-2,4-5,7-8,10-12,19-20H,3,6,9H2,(H,26,27). The Morgan fingerprint density at radius 1 is 1.19 bits per heavy atom. The number of benzene rings is 2. The van der Waals surface area contributed by atoms with Gasteiger partial charge >= 0.3 is 5.97 Å². The zero-order valence-electron chi connectivity index (χ0n) is 14.5. The molecule has 2 aromatic carbocycles. The van der Waals surface area contributed by atoms with Crippen molar-refractivity contribution in [1.82, 2.24) is 9.88 Å². The van der Waals surface area contributed by atoms with Gasteiger partial charge in [-0.05, 0) is 36.6 Å². The Kier molecular flexibility index (Phi) is 4.58. The zero-order valence-corrected chi connectivity index (χ0v) is 14.5. The molecule has 2 unspecified atom stereocenters. The Bertz CT molecular complexity index is 1010. The topological polar surface area (TPSA) is 53.4 Å². The van der Waals surface area contributed by atoms with Gasteiger partial charge in [-0.2, -0.15) is 0 Å². The number of fused-ring (bicyclic) bond motifs is 1. The number of para-hydroxylation sites is 1. The van der Waals surface area contributed by atoms with Crippen molar-refractivity contribution in [3.8, 4) is 0 Å². The summed E-state index contributed by atoms with van der Waals surface area (Å²) < 4.78 is 28.1. The predicted octanol–water partition coefficient (Wildman–Crippen LogP) is 4.15. The summed E-state index contributed by atoms with van der Waals surface area (Å²) in [6.07, 6.45) is 2.85. The Morgan fingerprint density at radius 2 is 2.00 bits per heavy atom. The first kappa shape index (κ1) is 17.5. The molecule has 0 spiro atoms. The van der Waals surface area contributed by atoms with E-state index in [4.69, 9.17) is 0 Å². The van der Waals surface area contributed by atoms with E-state index < -0.39 is 29.7 Å². The van der Waals surface area contributed by atoms with Crippen LogP contribution in [0.1, 0.15) is 30.0 Å². The lowest BCUT2D eigenvalue weighted by molar-refractivity contribution is -0.142. The molecule has 2 heterocycles. The minimum atomic E-state index is -0.936. The average molecular weight is 368 g/mol. The highest BCUT2D eigenvalue weighted by atomic mass is 19.1. The largest absolute Gasteiger partial charge is 0.480 e. The van der Waals surface area contributed by atoms with Crippen LogP contribution in [-0.4, -0.2) is 33.5 Å². The fraction of sp³-hybridized carbons (Fsp3) is 0.238. The van der Waals surface area contributed by atoms with Gasteiger partial charge in [0.1, 0.15) is 17.7 Å². The molecule has 1 aromatic heterocycles. The van der Waals surface area contributed by atoms with E-state index in [0.29, 0.717) is 24.9 Å². The van der Waals surface area contributed by atoms with E-state index >= 15 is 0 Å². The molecule has 27 heavy (non-hydrogen) atoms.